The number of hydrogen-bond acceptors (Lipinski definition) is 6. The Morgan fingerprint density at radius 2 is 0.446 bits per heavy atom. The van der Waals surface area contributed by atoms with Crippen LogP contribution in [0.15, 0.2) is 0 Å². The Kier molecular flexibility index (Phi) is 49.1. The smallest absolute Gasteiger partial charge is 0.306 e. The molecule has 6 heteroatoms. The number of unbranched alkanes of at least 4 members (excludes halogenated alkanes) is 35. The quantitative estimate of drug-likeness (QED) is 0.0344. The van der Waals surface area contributed by atoms with Crippen molar-refractivity contribution in [3.8, 4) is 0 Å². The van der Waals surface area contributed by atoms with Gasteiger partial charge >= 0.3 is 17.9 Å². The van der Waals surface area contributed by atoms with Crippen LogP contribution in [0.1, 0.15) is 324 Å². The summed E-state index contributed by atoms with van der Waals surface area (Å²) in [5, 5.41) is 0. The molecule has 0 aliphatic heterocycles. The van der Waals surface area contributed by atoms with E-state index in [9.17, 15) is 14.4 Å². The zero-order valence-electron chi connectivity index (χ0n) is 44.8. The first kappa shape index (κ1) is 63.4. The third kappa shape index (κ3) is 53.2. The molecule has 0 bridgehead atoms. The van der Waals surface area contributed by atoms with Crippen molar-refractivity contribution in [3.63, 3.8) is 0 Å². The number of esters is 3. The lowest BCUT2D eigenvalue weighted by atomic mass is 10.0. The molecule has 0 unspecified atom stereocenters. The molecule has 0 fully saturated rings. The van der Waals surface area contributed by atoms with Gasteiger partial charge in [-0.2, -0.15) is 0 Å². The average Bonchev–Trinajstić information content (AvgIpc) is 3.26. The van der Waals surface area contributed by atoms with E-state index < -0.39 is 6.10 Å². The molecule has 0 saturated carbocycles. The Morgan fingerprint density at radius 3 is 0.662 bits per heavy atom. The molecular weight excluding hydrogens is 805 g/mol. The van der Waals surface area contributed by atoms with Gasteiger partial charge in [-0.1, -0.05) is 286 Å². The molecule has 65 heavy (non-hydrogen) atoms. The molecule has 0 amide bonds. The Balaban J connectivity index is 4.25. The molecule has 0 rings (SSSR count). The largest absolute Gasteiger partial charge is 0.462 e. The molecule has 0 heterocycles. The van der Waals surface area contributed by atoms with Crippen molar-refractivity contribution in [1.82, 2.24) is 0 Å². The lowest BCUT2D eigenvalue weighted by Crippen LogP contribution is -2.30. The second-order valence-electron chi connectivity index (χ2n) is 21.7. The first-order chi connectivity index (χ1) is 31.6. The molecule has 0 aromatic heterocycles. The molecule has 386 valence electrons. The maximum Gasteiger partial charge on any atom is 0.306 e. The van der Waals surface area contributed by atoms with Gasteiger partial charge in [-0.15, -0.1) is 0 Å². The number of rotatable bonds is 52. The van der Waals surface area contributed by atoms with Crippen molar-refractivity contribution in [2.24, 2.45) is 17.8 Å². The SMILES string of the molecule is CC(C)CCCCCCCCCCCCCCCCCCCCC(=O)O[C@@H](COC(=O)CCCCCCCCCCCCCC(C)C)COC(=O)CCCCCCCCCCCC(C)C. The van der Waals surface area contributed by atoms with Crippen LogP contribution in [0.5, 0.6) is 0 Å². The fourth-order valence-electron chi connectivity index (χ4n) is 9.00. The monoisotopic (exact) mass is 919 g/mol. The molecular formula is C59H114O6. The predicted octanol–water partition coefficient (Wildman–Crippen LogP) is 19.1. The maximum atomic E-state index is 12.9. The Hall–Kier alpha value is -1.59. The Labute approximate surface area is 406 Å². The minimum Gasteiger partial charge on any atom is -0.462 e. The van der Waals surface area contributed by atoms with Crippen LogP contribution >= 0.6 is 0 Å². The second kappa shape index (κ2) is 50.3. The number of ether oxygens (including phenoxy) is 3. The van der Waals surface area contributed by atoms with Gasteiger partial charge in [0.05, 0.1) is 0 Å². The van der Waals surface area contributed by atoms with Crippen molar-refractivity contribution < 1.29 is 28.6 Å². The molecule has 0 N–H and O–H groups in total. The van der Waals surface area contributed by atoms with Crippen molar-refractivity contribution >= 4 is 17.9 Å². The van der Waals surface area contributed by atoms with E-state index in [2.05, 4.69) is 41.5 Å². The molecule has 0 aliphatic rings. The summed E-state index contributed by atoms with van der Waals surface area (Å²) in [6.07, 6.45) is 52.5. The van der Waals surface area contributed by atoms with E-state index >= 15 is 0 Å². The highest BCUT2D eigenvalue weighted by Crippen LogP contribution is 2.18. The predicted molar refractivity (Wildman–Crippen MR) is 279 cm³/mol. The number of carbonyl (C=O) groups is 3. The summed E-state index contributed by atoms with van der Waals surface area (Å²) in [6, 6.07) is 0. The highest BCUT2D eigenvalue weighted by atomic mass is 16.6. The van der Waals surface area contributed by atoms with Crippen molar-refractivity contribution in [1.29, 1.82) is 0 Å². The van der Waals surface area contributed by atoms with E-state index in [1.54, 1.807) is 0 Å². The molecule has 0 aromatic rings. The highest BCUT2D eigenvalue weighted by molar-refractivity contribution is 5.71. The maximum absolute atomic E-state index is 12.9. The van der Waals surface area contributed by atoms with E-state index in [0.29, 0.717) is 19.3 Å². The van der Waals surface area contributed by atoms with Crippen LogP contribution in [0.2, 0.25) is 0 Å². The van der Waals surface area contributed by atoms with Crippen LogP contribution in [-0.4, -0.2) is 37.2 Å². The number of hydrogen-bond donors (Lipinski definition) is 0. The Bertz CT molecular complexity index is 1010. The van der Waals surface area contributed by atoms with E-state index in [0.717, 1.165) is 75.5 Å². The third-order valence-electron chi connectivity index (χ3n) is 13.4. The van der Waals surface area contributed by atoms with E-state index in [1.807, 2.05) is 0 Å². The van der Waals surface area contributed by atoms with E-state index in [-0.39, 0.29) is 31.1 Å². The second-order valence-corrected chi connectivity index (χ2v) is 21.7. The molecule has 0 spiro atoms. The third-order valence-corrected chi connectivity index (χ3v) is 13.4. The zero-order chi connectivity index (χ0) is 47.7. The fourth-order valence-corrected chi connectivity index (χ4v) is 9.00. The number of carbonyl (C=O) groups excluding carboxylic acids is 3. The van der Waals surface area contributed by atoms with Crippen LogP contribution in [-0.2, 0) is 28.6 Å². The molecule has 0 aromatic carbocycles. The van der Waals surface area contributed by atoms with Crippen LogP contribution in [0.4, 0.5) is 0 Å². The van der Waals surface area contributed by atoms with Gasteiger partial charge in [0.1, 0.15) is 13.2 Å². The molecule has 6 nitrogen and oxygen atoms in total. The van der Waals surface area contributed by atoms with Crippen LogP contribution in [0, 0.1) is 17.8 Å². The normalized spacial score (nSPS) is 12.1. The summed E-state index contributed by atoms with van der Waals surface area (Å²) >= 11 is 0. The molecule has 1 atom stereocenters. The van der Waals surface area contributed by atoms with Crippen LogP contribution < -0.4 is 0 Å². The van der Waals surface area contributed by atoms with Gasteiger partial charge in [-0.05, 0) is 37.0 Å². The van der Waals surface area contributed by atoms with Crippen molar-refractivity contribution in [2.75, 3.05) is 13.2 Å². The topological polar surface area (TPSA) is 78.9 Å². The summed E-state index contributed by atoms with van der Waals surface area (Å²) in [5.74, 6) is 1.65. The minimum atomic E-state index is -0.764. The summed E-state index contributed by atoms with van der Waals surface area (Å²) in [6.45, 7) is 13.7. The lowest BCUT2D eigenvalue weighted by molar-refractivity contribution is -0.167. The lowest BCUT2D eigenvalue weighted by Gasteiger charge is -2.18. The molecule has 0 saturated heterocycles. The zero-order valence-corrected chi connectivity index (χ0v) is 44.8. The highest BCUT2D eigenvalue weighted by Gasteiger charge is 2.19. The summed E-state index contributed by atoms with van der Waals surface area (Å²) < 4.78 is 16.9. The fraction of sp³-hybridized carbons (Fsp3) is 0.949. The van der Waals surface area contributed by atoms with Gasteiger partial charge in [0.25, 0.3) is 0 Å². The summed E-state index contributed by atoms with van der Waals surface area (Å²) in [7, 11) is 0. The van der Waals surface area contributed by atoms with Gasteiger partial charge < -0.3 is 14.2 Å². The Morgan fingerprint density at radius 1 is 0.262 bits per heavy atom. The molecule has 0 aliphatic carbocycles. The van der Waals surface area contributed by atoms with Gasteiger partial charge in [-0.3, -0.25) is 14.4 Å². The van der Waals surface area contributed by atoms with Gasteiger partial charge in [0.15, 0.2) is 6.10 Å². The average molecular weight is 920 g/mol. The van der Waals surface area contributed by atoms with E-state index in [1.165, 1.54) is 205 Å². The molecule has 0 radical (unpaired) electrons. The summed E-state index contributed by atoms with van der Waals surface area (Å²) in [4.78, 5) is 38.1. The van der Waals surface area contributed by atoms with Crippen LogP contribution in [0.25, 0.3) is 0 Å². The van der Waals surface area contributed by atoms with Gasteiger partial charge in [0.2, 0.25) is 0 Å². The van der Waals surface area contributed by atoms with Crippen molar-refractivity contribution in [2.45, 2.75) is 330 Å². The summed E-state index contributed by atoms with van der Waals surface area (Å²) in [5.41, 5.74) is 0. The standard InChI is InChI=1S/C59H114O6/c1-53(2)45-39-33-27-21-16-13-11-9-7-8-10-12-14-18-25-32-38-44-50-59(62)65-56(52-64-58(61)49-43-37-31-26-20-23-29-35-41-47-55(5)6)51-63-57(60)48-42-36-30-24-19-15-17-22-28-34-40-46-54(3)4/h53-56H,7-52H2,1-6H3/t56-/m0/s1. The first-order valence-corrected chi connectivity index (χ1v) is 29.1. The van der Waals surface area contributed by atoms with Gasteiger partial charge in [-0.25, -0.2) is 0 Å². The minimum absolute atomic E-state index is 0.0639. The van der Waals surface area contributed by atoms with Crippen LogP contribution in [0.3, 0.4) is 0 Å². The van der Waals surface area contributed by atoms with Crippen molar-refractivity contribution in [3.05, 3.63) is 0 Å². The van der Waals surface area contributed by atoms with E-state index in [4.69, 9.17) is 14.2 Å². The van der Waals surface area contributed by atoms with Gasteiger partial charge in [0, 0.05) is 19.3 Å². The first-order valence-electron chi connectivity index (χ1n) is 29.1.